The van der Waals surface area contributed by atoms with E-state index in [2.05, 4.69) is 28.5 Å². The fraction of sp³-hybridized carbons (Fsp3) is 0.222. The summed E-state index contributed by atoms with van der Waals surface area (Å²) >= 11 is 0. The van der Waals surface area contributed by atoms with Crippen LogP contribution in [0, 0.1) is 0 Å². The largest absolute Gasteiger partial charge is 0.299 e. The molecule has 0 amide bonds. The van der Waals surface area contributed by atoms with Crippen molar-refractivity contribution in [1.82, 2.24) is 5.32 Å². The van der Waals surface area contributed by atoms with Crippen LogP contribution in [0.15, 0.2) is 29.3 Å². The second-order valence-electron chi connectivity index (χ2n) is 3.10. The number of nitrogens with zero attached hydrogens (tertiary/aromatic N) is 1. The molecule has 2 heteroatoms. The minimum atomic E-state index is 0.136. The molecule has 0 radical (unpaired) electrons. The Labute approximate surface area is 65.0 Å². The molecule has 1 fully saturated rings. The molecule has 1 aromatic carbocycles. The molecule has 0 aromatic heterocycles. The van der Waals surface area contributed by atoms with Crippen molar-refractivity contribution in [2.24, 2.45) is 4.99 Å². The Balaban J connectivity index is 2.28. The van der Waals surface area contributed by atoms with Crippen LogP contribution >= 0.6 is 0 Å². The van der Waals surface area contributed by atoms with Gasteiger partial charge < -0.3 is 0 Å². The van der Waals surface area contributed by atoms with E-state index in [0.717, 1.165) is 12.2 Å². The highest BCUT2D eigenvalue weighted by Gasteiger charge is 2.46. The fourth-order valence-electron chi connectivity index (χ4n) is 1.59. The van der Waals surface area contributed by atoms with Crippen molar-refractivity contribution >= 4 is 11.9 Å². The Hall–Kier alpha value is -1.15. The molecule has 1 spiro atoms. The first-order valence-corrected chi connectivity index (χ1v) is 3.80. The first-order chi connectivity index (χ1) is 5.41. The maximum Gasteiger partial charge on any atom is 0.0942 e. The van der Waals surface area contributed by atoms with Gasteiger partial charge in [0, 0.05) is 18.3 Å². The SMILES string of the molecule is C1=Nc2ccccc2C12CN2. The normalized spacial score (nSPS) is 30.9. The third-order valence-electron chi connectivity index (χ3n) is 2.37. The zero-order valence-electron chi connectivity index (χ0n) is 6.04. The van der Waals surface area contributed by atoms with Crippen LogP contribution in [0.5, 0.6) is 0 Å². The number of benzene rings is 1. The van der Waals surface area contributed by atoms with E-state index in [-0.39, 0.29) is 5.54 Å². The van der Waals surface area contributed by atoms with Crippen molar-refractivity contribution < 1.29 is 0 Å². The van der Waals surface area contributed by atoms with Crippen molar-refractivity contribution in [3.05, 3.63) is 29.8 Å². The van der Waals surface area contributed by atoms with E-state index in [4.69, 9.17) is 0 Å². The molecule has 54 valence electrons. The number of nitrogens with one attached hydrogen (secondary N) is 1. The third kappa shape index (κ3) is 0.576. The summed E-state index contributed by atoms with van der Waals surface area (Å²) in [5.41, 5.74) is 2.59. The quantitative estimate of drug-likeness (QED) is 0.545. The molecule has 1 atom stereocenters. The van der Waals surface area contributed by atoms with Gasteiger partial charge in [0.1, 0.15) is 0 Å². The van der Waals surface area contributed by atoms with Gasteiger partial charge in [-0.2, -0.15) is 0 Å². The van der Waals surface area contributed by atoms with Crippen LogP contribution in [0.1, 0.15) is 5.56 Å². The lowest BCUT2D eigenvalue weighted by Gasteiger charge is -2.01. The summed E-state index contributed by atoms with van der Waals surface area (Å²) in [7, 11) is 0. The van der Waals surface area contributed by atoms with Crippen molar-refractivity contribution in [2.75, 3.05) is 6.54 Å². The molecule has 3 rings (SSSR count). The maximum absolute atomic E-state index is 4.33. The van der Waals surface area contributed by atoms with E-state index in [1.54, 1.807) is 0 Å². The van der Waals surface area contributed by atoms with E-state index in [1.165, 1.54) is 5.56 Å². The lowest BCUT2D eigenvalue weighted by atomic mass is 10.0. The van der Waals surface area contributed by atoms with Gasteiger partial charge in [0.2, 0.25) is 0 Å². The minimum Gasteiger partial charge on any atom is -0.299 e. The molecule has 1 unspecified atom stereocenters. The topological polar surface area (TPSA) is 34.3 Å². The Morgan fingerprint density at radius 3 is 3.00 bits per heavy atom. The van der Waals surface area contributed by atoms with Crippen molar-refractivity contribution in [3.63, 3.8) is 0 Å². The predicted octanol–water partition coefficient (Wildman–Crippen LogP) is 1.20. The lowest BCUT2D eigenvalue weighted by molar-refractivity contribution is 0.964. The Morgan fingerprint density at radius 2 is 2.18 bits per heavy atom. The van der Waals surface area contributed by atoms with Crippen LogP contribution in [-0.4, -0.2) is 12.8 Å². The van der Waals surface area contributed by atoms with Gasteiger partial charge in [-0.1, -0.05) is 18.2 Å². The van der Waals surface area contributed by atoms with Gasteiger partial charge in [0.25, 0.3) is 0 Å². The maximum atomic E-state index is 4.33. The average molecular weight is 144 g/mol. The van der Waals surface area contributed by atoms with Gasteiger partial charge in [-0.25, -0.2) is 0 Å². The van der Waals surface area contributed by atoms with Crippen LogP contribution < -0.4 is 5.32 Å². The van der Waals surface area contributed by atoms with Gasteiger partial charge in [0.05, 0.1) is 11.2 Å². The molecular formula is C9H8N2. The second kappa shape index (κ2) is 1.53. The number of hydrogen-bond acceptors (Lipinski definition) is 2. The zero-order valence-corrected chi connectivity index (χ0v) is 6.04. The van der Waals surface area contributed by atoms with Gasteiger partial charge in [0.15, 0.2) is 0 Å². The summed E-state index contributed by atoms with van der Waals surface area (Å²) in [5.74, 6) is 0. The average Bonchev–Trinajstić information content (AvgIpc) is 2.72. The molecule has 2 aliphatic rings. The highest BCUT2D eigenvalue weighted by molar-refractivity contribution is 5.87. The van der Waals surface area contributed by atoms with E-state index in [1.807, 2.05) is 12.3 Å². The zero-order chi connectivity index (χ0) is 7.31. The van der Waals surface area contributed by atoms with Gasteiger partial charge >= 0.3 is 0 Å². The predicted molar refractivity (Wildman–Crippen MR) is 44.3 cm³/mol. The monoisotopic (exact) mass is 144 g/mol. The van der Waals surface area contributed by atoms with Crippen LogP contribution in [0.3, 0.4) is 0 Å². The highest BCUT2D eigenvalue weighted by atomic mass is 15.2. The molecule has 11 heavy (non-hydrogen) atoms. The summed E-state index contributed by atoms with van der Waals surface area (Å²) in [6.07, 6.45) is 2.01. The Kier molecular flexibility index (Phi) is 0.767. The molecule has 1 aromatic rings. The summed E-state index contributed by atoms with van der Waals surface area (Å²) in [4.78, 5) is 4.33. The standard InChI is InChI=1S/C9H8N2/c1-2-4-8-7(3-1)9(5-10-8)6-11-9/h1-5,11H,6H2. The number of rotatable bonds is 0. The third-order valence-corrected chi connectivity index (χ3v) is 2.37. The van der Waals surface area contributed by atoms with Crippen LogP contribution in [0.4, 0.5) is 5.69 Å². The van der Waals surface area contributed by atoms with E-state index in [0.29, 0.717) is 0 Å². The Morgan fingerprint density at radius 1 is 1.36 bits per heavy atom. The summed E-state index contributed by atoms with van der Waals surface area (Å²) in [6.45, 7) is 1.05. The fourth-order valence-corrected chi connectivity index (χ4v) is 1.59. The molecule has 1 N–H and O–H groups in total. The van der Waals surface area contributed by atoms with Crippen LogP contribution in [0.2, 0.25) is 0 Å². The molecule has 2 heterocycles. The highest BCUT2D eigenvalue weighted by Crippen LogP contribution is 2.40. The van der Waals surface area contributed by atoms with Crippen LogP contribution in [-0.2, 0) is 5.54 Å². The molecule has 0 aliphatic carbocycles. The van der Waals surface area contributed by atoms with Gasteiger partial charge in [-0.05, 0) is 6.07 Å². The number of para-hydroxylation sites is 1. The van der Waals surface area contributed by atoms with E-state index < -0.39 is 0 Å². The number of fused-ring (bicyclic) bond motifs is 2. The smallest absolute Gasteiger partial charge is 0.0942 e. The number of aliphatic imine (C=N–C) groups is 1. The summed E-state index contributed by atoms with van der Waals surface area (Å²) < 4.78 is 0. The van der Waals surface area contributed by atoms with Crippen LogP contribution in [0.25, 0.3) is 0 Å². The minimum absolute atomic E-state index is 0.136. The Bertz CT molecular complexity index is 337. The van der Waals surface area contributed by atoms with E-state index >= 15 is 0 Å². The molecule has 1 saturated heterocycles. The van der Waals surface area contributed by atoms with Gasteiger partial charge in [-0.15, -0.1) is 0 Å². The molecule has 0 saturated carbocycles. The first kappa shape index (κ1) is 5.49. The first-order valence-electron chi connectivity index (χ1n) is 3.80. The van der Waals surface area contributed by atoms with E-state index in [9.17, 15) is 0 Å². The van der Waals surface area contributed by atoms with Gasteiger partial charge in [-0.3, -0.25) is 10.3 Å². The lowest BCUT2D eigenvalue weighted by Crippen LogP contribution is -2.09. The molecule has 2 nitrogen and oxygen atoms in total. The summed E-state index contributed by atoms with van der Waals surface area (Å²) in [6, 6.07) is 8.29. The van der Waals surface area contributed by atoms with Crippen molar-refractivity contribution in [1.29, 1.82) is 0 Å². The van der Waals surface area contributed by atoms with Crippen molar-refractivity contribution in [2.45, 2.75) is 5.54 Å². The molecule has 2 aliphatic heterocycles. The molecular weight excluding hydrogens is 136 g/mol. The van der Waals surface area contributed by atoms with Crippen molar-refractivity contribution in [3.8, 4) is 0 Å². The summed E-state index contributed by atoms with van der Waals surface area (Å²) in [5, 5.41) is 3.32. The second-order valence-corrected chi connectivity index (χ2v) is 3.10. The molecule has 0 bridgehead atoms. The number of hydrogen-bond donors (Lipinski definition) is 1.